The average Bonchev–Trinajstić information content (AvgIpc) is 3.55. The fourth-order valence-corrected chi connectivity index (χ4v) is 5.64. The second-order valence-corrected chi connectivity index (χ2v) is 10.8. The van der Waals surface area contributed by atoms with E-state index in [2.05, 4.69) is 57.8 Å². The number of hydrogen-bond acceptors (Lipinski definition) is 9. The summed E-state index contributed by atoms with van der Waals surface area (Å²) in [5, 5.41) is 4.52. The number of aromatic nitrogens is 7. The molecule has 10 nitrogen and oxygen atoms in total. The van der Waals surface area contributed by atoms with Gasteiger partial charge in [0.1, 0.15) is 11.6 Å². The Balaban J connectivity index is 1.08. The SMILES string of the molecule is Cc1nc2nc(C)c(C[C@@H]3CCN(c4cnc(-c5ccc(CN6CCN(C)CC6)nc5)cn4)C3)c(C)n2n1. The molecule has 0 N–H and O–H groups in total. The summed E-state index contributed by atoms with van der Waals surface area (Å²) in [4.78, 5) is 30.5. The zero-order valence-corrected chi connectivity index (χ0v) is 22.8. The van der Waals surface area contributed by atoms with Crippen molar-refractivity contribution < 1.29 is 0 Å². The lowest BCUT2D eigenvalue weighted by Crippen LogP contribution is -2.43. The third-order valence-corrected chi connectivity index (χ3v) is 8.00. The van der Waals surface area contributed by atoms with Gasteiger partial charge in [-0.15, -0.1) is 0 Å². The van der Waals surface area contributed by atoms with Crippen LogP contribution < -0.4 is 4.90 Å². The lowest BCUT2D eigenvalue weighted by atomic mass is 9.96. The Morgan fingerprint density at radius 2 is 1.74 bits per heavy atom. The molecule has 0 aliphatic carbocycles. The minimum Gasteiger partial charge on any atom is -0.355 e. The van der Waals surface area contributed by atoms with E-state index in [1.54, 1.807) is 0 Å². The highest BCUT2D eigenvalue weighted by Crippen LogP contribution is 2.27. The van der Waals surface area contributed by atoms with Gasteiger partial charge in [0.15, 0.2) is 0 Å². The highest BCUT2D eigenvalue weighted by molar-refractivity contribution is 5.58. The Morgan fingerprint density at radius 1 is 0.895 bits per heavy atom. The molecule has 0 saturated carbocycles. The number of likely N-dealkylation sites (N-methyl/N-ethyl adjacent to an activating group) is 1. The largest absolute Gasteiger partial charge is 0.355 e. The third kappa shape index (κ3) is 5.10. The third-order valence-electron chi connectivity index (χ3n) is 8.00. The number of aryl methyl sites for hydroxylation is 3. The van der Waals surface area contributed by atoms with Crippen LogP contribution in [0.3, 0.4) is 0 Å². The first kappa shape index (κ1) is 24.8. The Kier molecular flexibility index (Phi) is 6.75. The molecule has 2 fully saturated rings. The van der Waals surface area contributed by atoms with Crippen LogP contribution in [0.1, 0.15) is 34.9 Å². The topological polar surface area (TPSA) is 91.5 Å². The summed E-state index contributed by atoms with van der Waals surface area (Å²) in [5.41, 5.74) is 6.43. The molecular weight excluding hydrogens is 476 g/mol. The van der Waals surface area contributed by atoms with E-state index >= 15 is 0 Å². The molecule has 0 unspecified atom stereocenters. The standard InChI is InChI=1S/C28H36N10/c1-19-25(20(2)38-28(32-19)33-21(3)34-38)13-22-7-8-37(17-22)27-16-30-26(15-31-27)23-5-6-24(29-14-23)18-36-11-9-35(4)10-12-36/h5-6,14-16,22H,7-13,17-18H2,1-4H3/t22-/m0/s1. The number of pyridine rings is 1. The van der Waals surface area contributed by atoms with Crippen molar-refractivity contribution in [3.8, 4) is 11.3 Å². The molecule has 38 heavy (non-hydrogen) atoms. The molecule has 198 valence electrons. The molecule has 0 bridgehead atoms. The quantitative estimate of drug-likeness (QED) is 0.387. The molecule has 0 aromatic carbocycles. The van der Waals surface area contributed by atoms with E-state index < -0.39 is 0 Å². The summed E-state index contributed by atoms with van der Waals surface area (Å²) in [5.74, 6) is 2.91. The van der Waals surface area contributed by atoms with Crippen LogP contribution in [-0.2, 0) is 13.0 Å². The van der Waals surface area contributed by atoms with Gasteiger partial charge in [0.2, 0.25) is 0 Å². The molecule has 2 saturated heterocycles. The summed E-state index contributed by atoms with van der Waals surface area (Å²) < 4.78 is 1.88. The van der Waals surface area contributed by atoms with Crippen molar-refractivity contribution in [2.75, 3.05) is 51.2 Å². The highest BCUT2D eigenvalue weighted by Gasteiger charge is 2.26. The number of anilines is 1. The first-order valence-electron chi connectivity index (χ1n) is 13.6. The molecule has 2 aliphatic heterocycles. The Labute approximate surface area is 223 Å². The van der Waals surface area contributed by atoms with Gasteiger partial charge < -0.3 is 9.80 Å². The van der Waals surface area contributed by atoms with Gasteiger partial charge in [-0.05, 0) is 64.3 Å². The van der Waals surface area contributed by atoms with Crippen LogP contribution in [0.2, 0.25) is 0 Å². The molecule has 10 heteroatoms. The Morgan fingerprint density at radius 3 is 2.47 bits per heavy atom. The van der Waals surface area contributed by atoms with E-state index in [0.717, 1.165) is 98.6 Å². The van der Waals surface area contributed by atoms with Gasteiger partial charge in [-0.3, -0.25) is 14.9 Å². The second-order valence-electron chi connectivity index (χ2n) is 10.8. The van der Waals surface area contributed by atoms with Crippen LogP contribution in [0.15, 0.2) is 30.7 Å². The molecule has 0 radical (unpaired) electrons. The van der Waals surface area contributed by atoms with E-state index in [9.17, 15) is 0 Å². The first-order valence-corrected chi connectivity index (χ1v) is 13.6. The molecule has 1 atom stereocenters. The van der Waals surface area contributed by atoms with Crippen molar-refractivity contribution in [3.05, 3.63) is 59.2 Å². The summed E-state index contributed by atoms with van der Waals surface area (Å²) >= 11 is 0. The van der Waals surface area contributed by atoms with Crippen molar-refractivity contribution in [2.24, 2.45) is 5.92 Å². The molecule has 2 aliphatic rings. The summed E-state index contributed by atoms with van der Waals surface area (Å²) in [7, 11) is 2.18. The fraction of sp³-hybridized carbons (Fsp3) is 0.500. The maximum Gasteiger partial charge on any atom is 0.252 e. The van der Waals surface area contributed by atoms with Crippen molar-refractivity contribution >= 4 is 11.6 Å². The van der Waals surface area contributed by atoms with Crippen LogP contribution in [0.4, 0.5) is 5.82 Å². The lowest BCUT2D eigenvalue weighted by molar-refractivity contribution is 0.147. The average molecular weight is 513 g/mol. The van der Waals surface area contributed by atoms with E-state index in [1.807, 2.05) is 30.0 Å². The minimum atomic E-state index is 0.537. The molecule has 0 amide bonds. The van der Waals surface area contributed by atoms with Gasteiger partial charge >= 0.3 is 0 Å². The number of fused-ring (bicyclic) bond motifs is 1. The van der Waals surface area contributed by atoms with Crippen LogP contribution in [0.25, 0.3) is 17.0 Å². The molecular formula is C28H36N10. The smallest absolute Gasteiger partial charge is 0.252 e. The monoisotopic (exact) mass is 512 g/mol. The molecule has 0 spiro atoms. The molecule has 4 aromatic heterocycles. The van der Waals surface area contributed by atoms with E-state index in [-0.39, 0.29) is 0 Å². The van der Waals surface area contributed by atoms with Crippen molar-refractivity contribution in [3.63, 3.8) is 0 Å². The molecule has 4 aromatic rings. The van der Waals surface area contributed by atoms with E-state index in [4.69, 9.17) is 19.9 Å². The van der Waals surface area contributed by atoms with Gasteiger partial charge in [0.25, 0.3) is 5.78 Å². The zero-order valence-electron chi connectivity index (χ0n) is 22.8. The number of nitrogens with zero attached hydrogens (tertiary/aromatic N) is 10. The van der Waals surface area contributed by atoms with Crippen molar-refractivity contribution in [1.82, 2.24) is 44.3 Å². The molecule has 6 rings (SSSR count). The normalized spacial score (nSPS) is 19.1. The van der Waals surface area contributed by atoms with Crippen LogP contribution >= 0.6 is 0 Å². The minimum absolute atomic E-state index is 0.537. The summed E-state index contributed by atoms with van der Waals surface area (Å²) in [6.07, 6.45) is 7.80. The van der Waals surface area contributed by atoms with Gasteiger partial charge in [0, 0.05) is 69.0 Å². The maximum absolute atomic E-state index is 4.77. The predicted molar refractivity (Wildman–Crippen MR) is 147 cm³/mol. The van der Waals surface area contributed by atoms with Crippen molar-refractivity contribution in [2.45, 2.75) is 40.2 Å². The van der Waals surface area contributed by atoms with Crippen LogP contribution in [0, 0.1) is 26.7 Å². The lowest BCUT2D eigenvalue weighted by Gasteiger charge is -2.32. The fourth-order valence-electron chi connectivity index (χ4n) is 5.64. The number of piperazine rings is 1. The number of hydrogen-bond donors (Lipinski definition) is 0. The number of rotatable bonds is 6. The first-order chi connectivity index (χ1) is 18.4. The van der Waals surface area contributed by atoms with Gasteiger partial charge in [-0.2, -0.15) is 10.1 Å². The second kappa shape index (κ2) is 10.3. The van der Waals surface area contributed by atoms with Crippen molar-refractivity contribution in [1.29, 1.82) is 0 Å². The van der Waals surface area contributed by atoms with Gasteiger partial charge in [0.05, 0.1) is 23.8 Å². The maximum atomic E-state index is 4.77. The van der Waals surface area contributed by atoms with Crippen LogP contribution in [0.5, 0.6) is 0 Å². The summed E-state index contributed by atoms with van der Waals surface area (Å²) in [6, 6.07) is 4.23. The summed E-state index contributed by atoms with van der Waals surface area (Å²) in [6.45, 7) is 13.4. The highest BCUT2D eigenvalue weighted by atomic mass is 15.3. The van der Waals surface area contributed by atoms with E-state index in [0.29, 0.717) is 11.7 Å². The Hall–Kier alpha value is -3.50. The molecule has 6 heterocycles. The predicted octanol–water partition coefficient (Wildman–Crippen LogP) is 2.72. The van der Waals surface area contributed by atoms with Gasteiger partial charge in [-0.1, -0.05) is 0 Å². The zero-order chi connectivity index (χ0) is 26.2. The van der Waals surface area contributed by atoms with Crippen LogP contribution in [-0.4, -0.2) is 90.7 Å². The van der Waals surface area contributed by atoms with Gasteiger partial charge in [-0.25, -0.2) is 14.5 Å². The Bertz CT molecular complexity index is 1400. The van der Waals surface area contributed by atoms with E-state index in [1.165, 1.54) is 5.56 Å².